The van der Waals surface area contributed by atoms with Gasteiger partial charge in [0.1, 0.15) is 5.82 Å². The molecule has 2 atom stereocenters. The van der Waals surface area contributed by atoms with Crippen molar-refractivity contribution >= 4 is 5.91 Å². The van der Waals surface area contributed by atoms with Crippen LogP contribution >= 0.6 is 0 Å². The number of rotatable bonds is 5. The van der Waals surface area contributed by atoms with Gasteiger partial charge in [-0.1, -0.05) is 24.3 Å². The van der Waals surface area contributed by atoms with Crippen molar-refractivity contribution in [2.45, 2.75) is 18.8 Å². The minimum atomic E-state index is -0.209. The molecule has 3 rings (SSSR count). The maximum Gasteiger partial charge on any atom is 0.226 e. The number of carbonyl (C=O) groups is 1. The second-order valence-corrected chi connectivity index (χ2v) is 5.80. The fourth-order valence-corrected chi connectivity index (χ4v) is 2.81. The molecule has 1 heterocycles. The van der Waals surface area contributed by atoms with Crippen molar-refractivity contribution in [1.82, 2.24) is 9.88 Å². The summed E-state index contributed by atoms with van der Waals surface area (Å²) in [6.07, 6.45) is 3.24. The molecule has 0 bridgehead atoms. The average molecular weight is 298 g/mol. The Labute approximate surface area is 129 Å². The van der Waals surface area contributed by atoms with Crippen LogP contribution in [0.5, 0.6) is 0 Å². The molecule has 0 N–H and O–H groups in total. The van der Waals surface area contributed by atoms with Crippen LogP contribution < -0.4 is 0 Å². The van der Waals surface area contributed by atoms with Crippen LogP contribution in [0.25, 0.3) is 0 Å². The molecule has 1 aromatic carbocycles. The predicted molar refractivity (Wildman–Crippen MR) is 82.8 cm³/mol. The molecule has 2 aromatic rings. The molecule has 1 aromatic heterocycles. The largest absolute Gasteiger partial charge is 0.345 e. The van der Waals surface area contributed by atoms with E-state index in [1.54, 1.807) is 23.2 Å². The first kappa shape index (κ1) is 14.7. The normalized spacial score (nSPS) is 19.7. The van der Waals surface area contributed by atoms with Gasteiger partial charge in [-0.25, -0.2) is 4.39 Å². The molecule has 0 spiro atoms. The second kappa shape index (κ2) is 6.26. The molecule has 1 fully saturated rings. The van der Waals surface area contributed by atoms with E-state index in [0.29, 0.717) is 12.1 Å². The molecular formula is C18H19FN2O. The minimum absolute atomic E-state index is 0.0333. The highest BCUT2D eigenvalue weighted by atomic mass is 19.1. The summed E-state index contributed by atoms with van der Waals surface area (Å²) in [4.78, 5) is 18.4. The zero-order chi connectivity index (χ0) is 15.5. The summed E-state index contributed by atoms with van der Waals surface area (Å²) in [6, 6.07) is 12.5. The molecule has 1 aliphatic carbocycles. The van der Waals surface area contributed by atoms with Gasteiger partial charge in [0.2, 0.25) is 5.91 Å². The maximum absolute atomic E-state index is 13.8. The average Bonchev–Trinajstić information content (AvgIpc) is 3.33. The van der Waals surface area contributed by atoms with Crippen LogP contribution in [0.2, 0.25) is 0 Å². The molecule has 0 saturated heterocycles. The lowest BCUT2D eigenvalue weighted by Gasteiger charge is -2.17. The molecule has 2 unspecified atom stereocenters. The third-order valence-corrected chi connectivity index (χ3v) is 4.22. The third-order valence-electron chi connectivity index (χ3n) is 4.22. The Morgan fingerprint density at radius 3 is 2.77 bits per heavy atom. The fraction of sp³-hybridized carbons (Fsp3) is 0.333. The van der Waals surface area contributed by atoms with Crippen molar-refractivity contribution in [2.75, 3.05) is 13.6 Å². The quantitative estimate of drug-likeness (QED) is 0.850. The van der Waals surface area contributed by atoms with E-state index in [1.165, 1.54) is 6.07 Å². The lowest BCUT2D eigenvalue weighted by Crippen LogP contribution is -2.30. The SMILES string of the molecule is CN(CCc1ccccn1)C(=O)C1CC1c1ccccc1F. The van der Waals surface area contributed by atoms with Crippen LogP contribution in [-0.2, 0) is 11.2 Å². The van der Waals surface area contributed by atoms with E-state index in [1.807, 2.05) is 31.3 Å². The van der Waals surface area contributed by atoms with Crippen molar-refractivity contribution in [1.29, 1.82) is 0 Å². The summed E-state index contributed by atoms with van der Waals surface area (Å²) in [5.74, 6) is -0.153. The zero-order valence-corrected chi connectivity index (χ0v) is 12.6. The van der Waals surface area contributed by atoms with Gasteiger partial charge >= 0.3 is 0 Å². The molecule has 22 heavy (non-hydrogen) atoms. The number of amides is 1. The van der Waals surface area contributed by atoms with E-state index in [0.717, 1.165) is 18.5 Å². The Morgan fingerprint density at radius 2 is 2.05 bits per heavy atom. The van der Waals surface area contributed by atoms with Crippen molar-refractivity contribution in [2.24, 2.45) is 5.92 Å². The topological polar surface area (TPSA) is 33.2 Å². The number of hydrogen-bond donors (Lipinski definition) is 0. The van der Waals surface area contributed by atoms with Gasteiger partial charge in [-0.15, -0.1) is 0 Å². The highest BCUT2D eigenvalue weighted by molar-refractivity contribution is 5.82. The Balaban J connectivity index is 1.55. The number of carbonyl (C=O) groups excluding carboxylic acids is 1. The van der Waals surface area contributed by atoms with Crippen LogP contribution in [0, 0.1) is 11.7 Å². The number of likely N-dealkylation sites (N-methyl/N-ethyl adjacent to an activating group) is 1. The Kier molecular flexibility index (Phi) is 4.18. The zero-order valence-electron chi connectivity index (χ0n) is 12.6. The van der Waals surface area contributed by atoms with E-state index < -0.39 is 0 Å². The molecule has 4 heteroatoms. The molecule has 0 aliphatic heterocycles. The number of pyridine rings is 1. The van der Waals surface area contributed by atoms with E-state index in [9.17, 15) is 9.18 Å². The van der Waals surface area contributed by atoms with Gasteiger partial charge in [0.25, 0.3) is 0 Å². The first-order valence-corrected chi connectivity index (χ1v) is 7.56. The lowest BCUT2D eigenvalue weighted by atomic mass is 10.1. The highest BCUT2D eigenvalue weighted by Crippen LogP contribution is 2.49. The lowest BCUT2D eigenvalue weighted by molar-refractivity contribution is -0.131. The summed E-state index contributed by atoms with van der Waals surface area (Å²) in [7, 11) is 1.81. The van der Waals surface area contributed by atoms with Gasteiger partial charge in [-0.3, -0.25) is 9.78 Å². The van der Waals surface area contributed by atoms with Gasteiger partial charge in [-0.05, 0) is 36.1 Å². The predicted octanol–water partition coefficient (Wildman–Crippen LogP) is 3.03. The standard InChI is InChI=1S/C18H19FN2O/c1-21(11-9-13-6-4-5-10-20-13)18(22)16-12-15(16)14-7-2-3-8-17(14)19/h2-8,10,15-16H,9,11-12H2,1H3. The van der Waals surface area contributed by atoms with Crippen LogP contribution in [0.3, 0.4) is 0 Å². The summed E-state index contributed by atoms with van der Waals surface area (Å²) in [6.45, 7) is 0.635. The van der Waals surface area contributed by atoms with Crippen LogP contribution in [0.1, 0.15) is 23.6 Å². The maximum atomic E-state index is 13.8. The Bertz CT molecular complexity index is 659. The van der Waals surface area contributed by atoms with Crippen LogP contribution in [-0.4, -0.2) is 29.4 Å². The second-order valence-electron chi connectivity index (χ2n) is 5.80. The van der Waals surface area contributed by atoms with Gasteiger partial charge < -0.3 is 4.90 Å². The number of aromatic nitrogens is 1. The first-order valence-electron chi connectivity index (χ1n) is 7.56. The highest BCUT2D eigenvalue weighted by Gasteiger charge is 2.46. The molecule has 0 radical (unpaired) electrons. The molecular weight excluding hydrogens is 279 g/mol. The molecule has 1 aliphatic rings. The number of benzene rings is 1. The minimum Gasteiger partial charge on any atom is -0.345 e. The van der Waals surface area contributed by atoms with Crippen molar-refractivity contribution in [3.8, 4) is 0 Å². The fourth-order valence-electron chi connectivity index (χ4n) is 2.81. The van der Waals surface area contributed by atoms with Crippen molar-refractivity contribution < 1.29 is 9.18 Å². The molecule has 3 nitrogen and oxygen atoms in total. The Morgan fingerprint density at radius 1 is 1.27 bits per heavy atom. The third kappa shape index (κ3) is 3.16. The summed E-state index contributed by atoms with van der Waals surface area (Å²) in [5, 5.41) is 0. The number of nitrogens with zero attached hydrogens (tertiary/aromatic N) is 2. The van der Waals surface area contributed by atoms with Crippen LogP contribution in [0.4, 0.5) is 4.39 Å². The summed E-state index contributed by atoms with van der Waals surface area (Å²) < 4.78 is 13.8. The first-order chi connectivity index (χ1) is 10.7. The smallest absolute Gasteiger partial charge is 0.226 e. The van der Waals surface area contributed by atoms with E-state index in [-0.39, 0.29) is 23.6 Å². The molecule has 1 amide bonds. The van der Waals surface area contributed by atoms with Crippen molar-refractivity contribution in [3.05, 3.63) is 65.7 Å². The molecule has 1 saturated carbocycles. The van der Waals surface area contributed by atoms with Crippen molar-refractivity contribution in [3.63, 3.8) is 0 Å². The summed E-state index contributed by atoms with van der Waals surface area (Å²) >= 11 is 0. The number of halogens is 1. The van der Waals surface area contributed by atoms with E-state index in [4.69, 9.17) is 0 Å². The Hall–Kier alpha value is -2.23. The molecule has 114 valence electrons. The van der Waals surface area contributed by atoms with Gasteiger partial charge in [0, 0.05) is 37.8 Å². The monoisotopic (exact) mass is 298 g/mol. The van der Waals surface area contributed by atoms with E-state index in [2.05, 4.69) is 4.98 Å². The summed E-state index contributed by atoms with van der Waals surface area (Å²) in [5.41, 5.74) is 1.64. The number of hydrogen-bond acceptors (Lipinski definition) is 2. The van der Waals surface area contributed by atoms with Gasteiger partial charge in [0.05, 0.1) is 0 Å². The van der Waals surface area contributed by atoms with E-state index >= 15 is 0 Å². The van der Waals surface area contributed by atoms with Crippen LogP contribution in [0.15, 0.2) is 48.7 Å². The van der Waals surface area contributed by atoms with Gasteiger partial charge in [-0.2, -0.15) is 0 Å². The van der Waals surface area contributed by atoms with Gasteiger partial charge in [0.15, 0.2) is 0 Å².